The third-order valence-electron chi connectivity index (χ3n) is 12.0. The maximum atomic E-state index is 5.72. The molecule has 51 heavy (non-hydrogen) atoms. The zero-order chi connectivity index (χ0) is 35.8. The SMILES string of the molecule is COCC[PH+](C1CCCCC1)C1CCCCC1.COCC[PH+](C1CCCCC1)C1CCCCC1.[Cl][Ru]=[C]=C=C(c1ccccc1)c1ccccc1. The van der Waals surface area contributed by atoms with Crippen LogP contribution in [-0.2, 0) is 25.2 Å². The van der Waals surface area contributed by atoms with Gasteiger partial charge in [0.1, 0.15) is 0 Å². The Bertz CT molecular complexity index is 1130. The molecular weight excluding hydrogens is 771 g/mol. The second-order valence-corrected chi connectivity index (χ2v) is 23.5. The van der Waals surface area contributed by atoms with Gasteiger partial charge in [-0.2, -0.15) is 0 Å². The Kier molecular flexibility index (Phi) is 23.1. The molecular formula is C45H70ClO2P2Ru+2. The quantitative estimate of drug-likeness (QED) is 0.120. The van der Waals surface area contributed by atoms with Gasteiger partial charge in [0.25, 0.3) is 0 Å². The number of methoxy groups -OCH3 is 2. The minimum absolute atomic E-state index is 0.134. The van der Waals surface area contributed by atoms with E-state index in [2.05, 4.69) is 34.3 Å². The second-order valence-electron chi connectivity index (χ2n) is 15.4. The predicted molar refractivity (Wildman–Crippen MR) is 227 cm³/mol. The van der Waals surface area contributed by atoms with E-state index in [-0.39, 0.29) is 31.5 Å². The van der Waals surface area contributed by atoms with Gasteiger partial charge in [0.15, 0.2) is 0 Å². The Labute approximate surface area is 327 Å². The van der Waals surface area contributed by atoms with Gasteiger partial charge in [0, 0.05) is 30.1 Å². The fraction of sp³-hybridized carbons (Fsp3) is 0.667. The van der Waals surface area contributed by atoms with Crippen molar-refractivity contribution < 1.29 is 25.2 Å². The molecule has 4 aliphatic carbocycles. The van der Waals surface area contributed by atoms with Gasteiger partial charge in [-0.15, -0.1) is 0 Å². The van der Waals surface area contributed by atoms with E-state index in [0.717, 1.165) is 52.5 Å². The van der Waals surface area contributed by atoms with Crippen LogP contribution in [0.1, 0.15) is 140 Å². The van der Waals surface area contributed by atoms with Gasteiger partial charge in [-0.3, -0.25) is 0 Å². The van der Waals surface area contributed by atoms with Crippen LogP contribution in [0.25, 0.3) is 5.57 Å². The Hall–Kier alpha value is -0.437. The Morgan fingerprint density at radius 1 is 0.549 bits per heavy atom. The molecule has 0 aromatic heterocycles. The van der Waals surface area contributed by atoms with Gasteiger partial charge in [0.05, 0.1) is 48.2 Å². The summed E-state index contributed by atoms with van der Waals surface area (Å²) in [4.78, 5) is 0. The molecule has 4 fully saturated rings. The summed E-state index contributed by atoms with van der Waals surface area (Å²) < 4.78 is 13.8. The first-order valence-electron chi connectivity index (χ1n) is 20.7. The number of halogens is 1. The van der Waals surface area contributed by atoms with Crippen LogP contribution in [0.4, 0.5) is 0 Å². The van der Waals surface area contributed by atoms with Crippen LogP contribution in [0, 0.1) is 0 Å². The fourth-order valence-electron chi connectivity index (χ4n) is 9.40. The summed E-state index contributed by atoms with van der Waals surface area (Å²) in [7, 11) is 9.21. The summed E-state index contributed by atoms with van der Waals surface area (Å²) in [6.45, 7) is 2.06. The molecule has 0 amide bonds. The van der Waals surface area contributed by atoms with Crippen molar-refractivity contribution in [1.82, 2.24) is 0 Å². The molecule has 0 radical (unpaired) electrons. The maximum absolute atomic E-state index is 5.72. The van der Waals surface area contributed by atoms with Gasteiger partial charge < -0.3 is 9.47 Å². The van der Waals surface area contributed by atoms with Gasteiger partial charge in [-0.05, 0) is 103 Å². The van der Waals surface area contributed by atoms with Crippen molar-refractivity contribution in [2.75, 3.05) is 39.8 Å². The summed E-state index contributed by atoms with van der Waals surface area (Å²) in [6.07, 6.45) is 33.4. The molecule has 4 aliphatic rings. The average Bonchev–Trinajstić information content (AvgIpc) is 3.21. The van der Waals surface area contributed by atoms with Crippen molar-refractivity contribution in [3.63, 3.8) is 0 Å². The predicted octanol–water partition coefficient (Wildman–Crippen LogP) is 12.9. The van der Waals surface area contributed by atoms with Crippen molar-refractivity contribution in [3.8, 4) is 0 Å². The van der Waals surface area contributed by atoms with E-state index >= 15 is 0 Å². The molecule has 2 nitrogen and oxygen atoms in total. The van der Waals surface area contributed by atoms with Crippen molar-refractivity contribution in [1.29, 1.82) is 0 Å². The van der Waals surface area contributed by atoms with Crippen LogP contribution in [-0.4, -0.2) is 66.7 Å². The molecule has 0 atom stereocenters. The molecule has 0 spiro atoms. The van der Waals surface area contributed by atoms with Crippen LogP contribution in [0.2, 0.25) is 0 Å². The third-order valence-corrected chi connectivity index (χ3v) is 20.9. The third kappa shape index (κ3) is 16.1. The van der Waals surface area contributed by atoms with Gasteiger partial charge in [-0.25, -0.2) is 0 Å². The molecule has 4 saturated carbocycles. The van der Waals surface area contributed by atoms with Crippen LogP contribution in [0.5, 0.6) is 0 Å². The summed E-state index contributed by atoms with van der Waals surface area (Å²) in [5.41, 5.74) is 11.0. The molecule has 0 bridgehead atoms. The molecule has 2 aromatic rings. The van der Waals surface area contributed by atoms with E-state index in [0.29, 0.717) is 0 Å². The fourth-order valence-corrected chi connectivity index (χ4v) is 18.3. The van der Waals surface area contributed by atoms with E-state index in [1.807, 2.05) is 50.6 Å². The summed E-state index contributed by atoms with van der Waals surface area (Å²) in [6, 6.07) is 20.4. The molecule has 0 aliphatic heterocycles. The zero-order valence-corrected chi connectivity index (χ0v) is 36.6. The normalized spacial score (nSPS) is 19.3. The Balaban J connectivity index is 0.000000172. The average molecular weight is 842 g/mol. The number of hydrogen-bond acceptors (Lipinski definition) is 2. The number of hydrogen-bond donors (Lipinski definition) is 0. The van der Waals surface area contributed by atoms with E-state index < -0.39 is 0 Å². The Morgan fingerprint density at radius 2 is 0.863 bits per heavy atom. The standard InChI is InChI=1S/2C15H29OP.C15H10.ClH.Ru/c2*1-16-12-13-17(14-8-4-2-5-9-14)15-10-6-3-7-11-15;1-2-15(13-9-5-3-6-10-13)14-11-7-4-8-12-14;;/h2*14-15H,2-13H2,1H3;3-12H;1H;/q;;;;+1/p+1. The van der Waals surface area contributed by atoms with Crippen LogP contribution in [0.3, 0.4) is 0 Å². The first-order valence-corrected chi connectivity index (χ1v) is 27.5. The van der Waals surface area contributed by atoms with Crippen LogP contribution >= 0.6 is 25.5 Å². The summed E-state index contributed by atoms with van der Waals surface area (Å²) >= 11 is -0.362. The molecule has 0 saturated heterocycles. The molecule has 285 valence electrons. The summed E-state index contributed by atoms with van der Waals surface area (Å²) in [5, 5.41) is 0. The molecule has 0 unspecified atom stereocenters. The van der Waals surface area contributed by atoms with Crippen molar-refractivity contribution in [2.24, 2.45) is 0 Å². The minimum atomic E-state index is -0.362. The first-order chi connectivity index (χ1) is 25.2. The van der Waals surface area contributed by atoms with Gasteiger partial charge >= 0.3 is 113 Å². The first kappa shape index (κ1) is 43.3. The van der Waals surface area contributed by atoms with Gasteiger partial charge in [-0.1, -0.05) is 25.7 Å². The topological polar surface area (TPSA) is 18.5 Å². The number of benzene rings is 2. The van der Waals surface area contributed by atoms with Crippen molar-refractivity contribution in [2.45, 2.75) is 151 Å². The van der Waals surface area contributed by atoms with E-state index in [4.69, 9.17) is 19.2 Å². The molecule has 6 rings (SSSR count). The van der Waals surface area contributed by atoms with Gasteiger partial charge in [0.2, 0.25) is 0 Å². The number of rotatable bonds is 12. The van der Waals surface area contributed by atoms with E-state index in [9.17, 15) is 0 Å². The molecule has 6 heteroatoms. The molecule has 0 heterocycles. The second kappa shape index (κ2) is 27.2. The van der Waals surface area contributed by atoms with Crippen LogP contribution < -0.4 is 0 Å². The molecule has 2 aromatic carbocycles. The molecule has 0 N–H and O–H groups in total. The zero-order valence-electron chi connectivity index (χ0n) is 32.1. The summed E-state index contributed by atoms with van der Waals surface area (Å²) in [5.74, 6) is 0. The van der Waals surface area contributed by atoms with Crippen LogP contribution in [0.15, 0.2) is 66.4 Å². The number of ether oxygens (including phenoxy) is 2. The van der Waals surface area contributed by atoms with E-state index in [1.54, 1.807) is 51.4 Å². The monoisotopic (exact) mass is 841 g/mol. The van der Waals surface area contributed by atoms with Crippen molar-refractivity contribution >= 4 is 35.4 Å². The van der Waals surface area contributed by atoms with Crippen molar-refractivity contribution in [3.05, 3.63) is 77.5 Å². The van der Waals surface area contributed by atoms with E-state index in [1.165, 1.54) is 89.4 Å². The Morgan fingerprint density at radius 3 is 1.14 bits per heavy atom.